The standard InChI is InChI=1S/C12H10Br2N2/c13-8-4-3-5-9(14)12(8)16-11-7-2-1-6-10(11)15/h1-7,16H,15H2. The zero-order valence-electron chi connectivity index (χ0n) is 8.37. The molecule has 2 aromatic carbocycles. The minimum Gasteiger partial charge on any atom is -0.397 e. The van der Waals surface area contributed by atoms with Gasteiger partial charge in [-0.2, -0.15) is 0 Å². The molecule has 2 nitrogen and oxygen atoms in total. The lowest BCUT2D eigenvalue weighted by molar-refractivity contribution is 1.50. The summed E-state index contributed by atoms with van der Waals surface area (Å²) in [6.45, 7) is 0. The molecule has 0 radical (unpaired) electrons. The van der Waals surface area contributed by atoms with Crippen molar-refractivity contribution in [2.45, 2.75) is 0 Å². The van der Waals surface area contributed by atoms with Crippen molar-refractivity contribution in [1.82, 2.24) is 0 Å². The van der Waals surface area contributed by atoms with Crippen LogP contribution in [-0.4, -0.2) is 0 Å². The maximum absolute atomic E-state index is 5.88. The fourth-order valence-corrected chi connectivity index (χ4v) is 2.56. The molecule has 0 aliphatic carbocycles. The van der Waals surface area contributed by atoms with Gasteiger partial charge in [0.1, 0.15) is 0 Å². The second-order valence-corrected chi connectivity index (χ2v) is 5.02. The van der Waals surface area contributed by atoms with E-state index in [2.05, 4.69) is 37.2 Å². The Labute approximate surface area is 111 Å². The third kappa shape index (κ3) is 2.39. The van der Waals surface area contributed by atoms with Crippen LogP contribution >= 0.6 is 31.9 Å². The van der Waals surface area contributed by atoms with E-state index in [1.54, 1.807) is 0 Å². The fourth-order valence-electron chi connectivity index (χ4n) is 1.36. The summed E-state index contributed by atoms with van der Waals surface area (Å²) in [5.74, 6) is 0. The highest BCUT2D eigenvalue weighted by molar-refractivity contribution is 9.11. The third-order valence-corrected chi connectivity index (χ3v) is 3.50. The van der Waals surface area contributed by atoms with Crippen molar-refractivity contribution in [3.63, 3.8) is 0 Å². The molecule has 0 amide bonds. The van der Waals surface area contributed by atoms with E-state index < -0.39 is 0 Å². The van der Waals surface area contributed by atoms with E-state index in [4.69, 9.17) is 5.73 Å². The number of rotatable bonds is 2. The van der Waals surface area contributed by atoms with Crippen molar-refractivity contribution < 1.29 is 0 Å². The van der Waals surface area contributed by atoms with Crippen LogP contribution in [0.15, 0.2) is 51.4 Å². The van der Waals surface area contributed by atoms with Gasteiger partial charge in [0.15, 0.2) is 0 Å². The highest BCUT2D eigenvalue weighted by Crippen LogP contribution is 2.34. The van der Waals surface area contributed by atoms with Crippen LogP contribution in [0.1, 0.15) is 0 Å². The van der Waals surface area contributed by atoms with E-state index in [1.165, 1.54) is 0 Å². The first-order chi connectivity index (χ1) is 7.68. The molecule has 0 atom stereocenters. The summed E-state index contributed by atoms with van der Waals surface area (Å²) >= 11 is 6.99. The summed E-state index contributed by atoms with van der Waals surface area (Å²) in [6, 6.07) is 13.6. The lowest BCUT2D eigenvalue weighted by Gasteiger charge is -2.12. The first-order valence-electron chi connectivity index (χ1n) is 4.74. The summed E-state index contributed by atoms with van der Waals surface area (Å²) in [6.07, 6.45) is 0. The van der Waals surface area contributed by atoms with Gasteiger partial charge in [-0.25, -0.2) is 0 Å². The van der Waals surface area contributed by atoms with Crippen molar-refractivity contribution in [3.05, 3.63) is 51.4 Å². The van der Waals surface area contributed by atoms with Gasteiger partial charge in [-0.1, -0.05) is 18.2 Å². The third-order valence-electron chi connectivity index (χ3n) is 2.18. The van der Waals surface area contributed by atoms with Gasteiger partial charge in [0.25, 0.3) is 0 Å². The van der Waals surface area contributed by atoms with E-state index in [0.717, 1.165) is 26.0 Å². The molecule has 16 heavy (non-hydrogen) atoms. The Bertz CT molecular complexity index is 492. The number of hydrogen-bond donors (Lipinski definition) is 2. The second kappa shape index (κ2) is 4.89. The number of nitrogen functional groups attached to an aromatic ring is 1. The lowest BCUT2D eigenvalue weighted by Crippen LogP contribution is -1.97. The van der Waals surface area contributed by atoms with Gasteiger partial charge in [0.05, 0.1) is 17.1 Å². The van der Waals surface area contributed by atoms with Crippen LogP contribution < -0.4 is 11.1 Å². The molecule has 0 saturated carbocycles. The zero-order chi connectivity index (χ0) is 11.5. The smallest absolute Gasteiger partial charge is 0.0673 e. The Morgan fingerprint density at radius 2 is 1.50 bits per heavy atom. The van der Waals surface area contributed by atoms with E-state index in [1.807, 2.05) is 42.5 Å². The van der Waals surface area contributed by atoms with Gasteiger partial charge < -0.3 is 11.1 Å². The SMILES string of the molecule is Nc1ccccc1Nc1c(Br)cccc1Br. The summed E-state index contributed by atoms with van der Waals surface area (Å²) in [5, 5.41) is 3.29. The van der Waals surface area contributed by atoms with E-state index in [-0.39, 0.29) is 0 Å². The van der Waals surface area contributed by atoms with Gasteiger partial charge in [-0.05, 0) is 56.1 Å². The summed E-state index contributed by atoms with van der Waals surface area (Å²) < 4.78 is 1.98. The van der Waals surface area contributed by atoms with E-state index in [0.29, 0.717) is 0 Å². The van der Waals surface area contributed by atoms with Gasteiger partial charge in [0.2, 0.25) is 0 Å². The molecule has 3 N–H and O–H groups in total. The maximum atomic E-state index is 5.88. The molecule has 0 aromatic heterocycles. The number of nitrogens with two attached hydrogens (primary N) is 1. The molecule has 4 heteroatoms. The molecular formula is C12H10Br2N2. The van der Waals surface area contributed by atoms with Gasteiger partial charge in [0, 0.05) is 8.95 Å². The average molecular weight is 342 g/mol. The monoisotopic (exact) mass is 340 g/mol. The highest BCUT2D eigenvalue weighted by atomic mass is 79.9. The number of nitrogens with one attached hydrogen (secondary N) is 1. The van der Waals surface area contributed by atoms with Crippen LogP contribution in [-0.2, 0) is 0 Å². The largest absolute Gasteiger partial charge is 0.397 e. The average Bonchev–Trinajstić information content (AvgIpc) is 2.26. The maximum Gasteiger partial charge on any atom is 0.0673 e. The normalized spacial score (nSPS) is 10.1. The number of halogens is 2. The van der Waals surface area contributed by atoms with E-state index in [9.17, 15) is 0 Å². The lowest BCUT2D eigenvalue weighted by atomic mass is 10.2. The van der Waals surface area contributed by atoms with Crippen LogP contribution in [0.2, 0.25) is 0 Å². The van der Waals surface area contributed by atoms with Gasteiger partial charge >= 0.3 is 0 Å². The Morgan fingerprint density at radius 1 is 0.875 bits per heavy atom. The zero-order valence-corrected chi connectivity index (χ0v) is 11.5. The molecule has 0 bridgehead atoms. The molecule has 0 aliphatic heterocycles. The summed E-state index contributed by atoms with van der Waals surface area (Å²) in [4.78, 5) is 0. The Morgan fingerprint density at radius 3 is 2.12 bits per heavy atom. The Hall–Kier alpha value is -1.000. The minimum atomic E-state index is 0.727. The molecular weight excluding hydrogens is 332 g/mol. The van der Waals surface area contributed by atoms with Gasteiger partial charge in [-0.3, -0.25) is 0 Å². The molecule has 2 rings (SSSR count). The van der Waals surface area contributed by atoms with Gasteiger partial charge in [-0.15, -0.1) is 0 Å². The van der Waals surface area contributed by atoms with Crippen molar-refractivity contribution >= 4 is 48.9 Å². The second-order valence-electron chi connectivity index (χ2n) is 3.31. The predicted molar refractivity (Wildman–Crippen MR) is 76.0 cm³/mol. The first-order valence-corrected chi connectivity index (χ1v) is 6.32. The summed E-state index contributed by atoms with van der Waals surface area (Å²) in [7, 11) is 0. The van der Waals surface area contributed by atoms with Crippen molar-refractivity contribution in [2.75, 3.05) is 11.1 Å². The molecule has 0 saturated heterocycles. The molecule has 0 spiro atoms. The number of para-hydroxylation sites is 3. The number of hydrogen-bond acceptors (Lipinski definition) is 2. The Kier molecular flexibility index (Phi) is 3.51. The fraction of sp³-hybridized carbons (Fsp3) is 0. The van der Waals surface area contributed by atoms with Crippen LogP contribution in [0.25, 0.3) is 0 Å². The molecule has 82 valence electrons. The topological polar surface area (TPSA) is 38.0 Å². The molecule has 0 heterocycles. The van der Waals surface area contributed by atoms with Crippen molar-refractivity contribution in [2.24, 2.45) is 0 Å². The molecule has 0 unspecified atom stereocenters. The predicted octanol–water partition coefficient (Wildman–Crippen LogP) is 4.54. The minimum absolute atomic E-state index is 0.727. The van der Waals surface area contributed by atoms with Crippen LogP contribution in [0, 0.1) is 0 Å². The summed E-state index contributed by atoms with van der Waals surface area (Å²) in [5.41, 5.74) is 8.47. The molecule has 2 aromatic rings. The van der Waals surface area contributed by atoms with Crippen LogP contribution in [0.3, 0.4) is 0 Å². The number of anilines is 3. The van der Waals surface area contributed by atoms with E-state index >= 15 is 0 Å². The first kappa shape index (κ1) is 11.5. The van der Waals surface area contributed by atoms with Crippen LogP contribution in [0.4, 0.5) is 17.1 Å². The van der Waals surface area contributed by atoms with Crippen LogP contribution in [0.5, 0.6) is 0 Å². The number of benzene rings is 2. The molecule has 0 aliphatic rings. The van der Waals surface area contributed by atoms with Crippen molar-refractivity contribution in [1.29, 1.82) is 0 Å². The highest BCUT2D eigenvalue weighted by Gasteiger charge is 2.05. The quantitative estimate of drug-likeness (QED) is 0.787. The molecule has 0 fully saturated rings. The van der Waals surface area contributed by atoms with Crippen molar-refractivity contribution in [3.8, 4) is 0 Å². The Balaban J connectivity index is 2.38.